The van der Waals surface area contributed by atoms with Crippen molar-refractivity contribution in [3.05, 3.63) is 29.6 Å². The summed E-state index contributed by atoms with van der Waals surface area (Å²) in [4.78, 5) is 28.1. The number of carbonyl (C=O) groups excluding carboxylic acids is 1. The van der Waals surface area contributed by atoms with Crippen molar-refractivity contribution < 1.29 is 19.4 Å². The quantitative estimate of drug-likeness (QED) is 0.726. The van der Waals surface area contributed by atoms with Crippen molar-refractivity contribution >= 4 is 12.0 Å². The van der Waals surface area contributed by atoms with Crippen LogP contribution in [0, 0.1) is 0 Å². The van der Waals surface area contributed by atoms with Crippen molar-refractivity contribution in [3.8, 4) is 0 Å². The molecular weight excluding hydrogens is 262 g/mol. The molecule has 0 atom stereocenters. The number of methoxy groups -OCH3 is 1. The number of aromatic nitrogens is 1. The number of amides is 2. The highest BCUT2D eigenvalue weighted by atomic mass is 16.5. The minimum atomic E-state index is -1.02. The third-order valence-corrected chi connectivity index (χ3v) is 2.67. The van der Waals surface area contributed by atoms with Gasteiger partial charge in [0.25, 0.3) is 0 Å². The number of urea groups is 1. The van der Waals surface area contributed by atoms with Crippen LogP contribution in [0.2, 0.25) is 0 Å². The van der Waals surface area contributed by atoms with Gasteiger partial charge in [0.05, 0.1) is 17.8 Å². The fourth-order valence-corrected chi connectivity index (χ4v) is 1.56. The van der Waals surface area contributed by atoms with Crippen molar-refractivity contribution in [2.45, 2.75) is 13.0 Å². The number of carbonyl (C=O) groups is 2. The maximum absolute atomic E-state index is 11.8. The van der Waals surface area contributed by atoms with E-state index in [0.717, 1.165) is 6.42 Å². The van der Waals surface area contributed by atoms with E-state index >= 15 is 0 Å². The van der Waals surface area contributed by atoms with Crippen molar-refractivity contribution in [2.24, 2.45) is 0 Å². The van der Waals surface area contributed by atoms with Crippen molar-refractivity contribution in [3.63, 3.8) is 0 Å². The molecule has 0 fully saturated rings. The van der Waals surface area contributed by atoms with E-state index in [2.05, 4.69) is 10.3 Å². The van der Waals surface area contributed by atoms with Gasteiger partial charge >= 0.3 is 12.0 Å². The number of aromatic carboxylic acids is 1. The summed E-state index contributed by atoms with van der Waals surface area (Å²) in [6.07, 6.45) is 2.17. The summed E-state index contributed by atoms with van der Waals surface area (Å²) < 4.78 is 4.91. The molecule has 0 saturated carbocycles. The van der Waals surface area contributed by atoms with E-state index in [1.165, 1.54) is 18.3 Å². The molecule has 2 N–H and O–H groups in total. The fraction of sp³-hybridized carbons (Fsp3) is 0.462. The number of hydrogen-bond acceptors (Lipinski definition) is 4. The number of pyridine rings is 1. The molecule has 0 aliphatic heterocycles. The van der Waals surface area contributed by atoms with E-state index in [1.807, 2.05) is 0 Å². The number of ether oxygens (including phenoxy) is 1. The summed E-state index contributed by atoms with van der Waals surface area (Å²) >= 11 is 0. The van der Waals surface area contributed by atoms with Gasteiger partial charge in [-0.15, -0.1) is 0 Å². The van der Waals surface area contributed by atoms with Gasteiger partial charge in [-0.25, -0.2) is 9.59 Å². The molecule has 0 radical (unpaired) electrons. The smallest absolute Gasteiger partial charge is 0.335 e. The summed E-state index contributed by atoms with van der Waals surface area (Å²) in [6.45, 7) is 1.37. The normalized spacial score (nSPS) is 10.1. The van der Waals surface area contributed by atoms with E-state index in [-0.39, 0.29) is 18.1 Å². The van der Waals surface area contributed by atoms with Crippen LogP contribution < -0.4 is 5.32 Å². The lowest BCUT2D eigenvalue weighted by Crippen LogP contribution is -2.37. The Morgan fingerprint density at radius 1 is 1.50 bits per heavy atom. The second-order valence-corrected chi connectivity index (χ2v) is 4.27. The highest BCUT2D eigenvalue weighted by Crippen LogP contribution is 2.02. The highest BCUT2D eigenvalue weighted by Gasteiger charge is 2.09. The van der Waals surface area contributed by atoms with Gasteiger partial charge < -0.3 is 20.1 Å². The molecule has 0 saturated heterocycles. The van der Waals surface area contributed by atoms with Gasteiger partial charge in [0.1, 0.15) is 0 Å². The molecule has 0 aliphatic rings. The molecule has 7 heteroatoms. The lowest BCUT2D eigenvalue weighted by molar-refractivity contribution is 0.0696. The van der Waals surface area contributed by atoms with Crippen LogP contribution >= 0.6 is 0 Å². The van der Waals surface area contributed by atoms with E-state index in [1.54, 1.807) is 19.1 Å². The Balaban J connectivity index is 2.44. The van der Waals surface area contributed by atoms with Crippen molar-refractivity contribution in [2.75, 3.05) is 27.3 Å². The number of nitrogens with one attached hydrogen (secondary N) is 1. The van der Waals surface area contributed by atoms with Gasteiger partial charge in [-0.2, -0.15) is 0 Å². The van der Waals surface area contributed by atoms with Crippen LogP contribution in [0.3, 0.4) is 0 Å². The second kappa shape index (κ2) is 8.11. The van der Waals surface area contributed by atoms with E-state index in [4.69, 9.17) is 9.84 Å². The topological polar surface area (TPSA) is 91.8 Å². The molecule has 2 amide bonds. The lowest BCUT2D eigenvalue weighted by atomic mass is 10.2. The zero-order valence-corrected chi connectivity index (χ0v) is 11.6. The van der Waals surface area contributed by atoms with Gasteiger partial charge in [0.15, 0.2) is 0 Å². The summed E-state index contributed by atoms with van der Waals surface area (Å²) in [5, 5.41) is 11.5. The monoisotopic (exact) mass is 281 g/mol. The standard InChI is InChI=1S/C13H19N3O4/c1-16(6-3-7-20-2)13(19)15-9-11-8-10(12(17)18)4-5-14-11/h4-5,8H,3,6-7,9H2,1-2H3,(H,15,19)(H,17,18). The largest absolute Gasteiger partial charge is 0.478 e. The minimum Gasteiger partial charge on any atom is -0.478 e. The first-order valence-corrected chi connectivity index (χ1v) is 6.20. The summed E-state index contributed by atoms with van der Waals surface area (Å²) in [7, 11) is 3.30. The molecule has 7 nitrogen and oxygen atoms in total. The molecule has 1 aromatic rings. The van der Waals surface area contributed by atoms with Gasteiger partial charge in [0.2, 0.25) is 0 Å². The molecule has 0 aliphatic carbocycles. The Hall–Kier alpha value is -2.15. The van der Waals surface area contributed by atoms with Crippen LogP contribution in [-0.2, 0) is 11.3 Å². The molecule has 20 heavy (non-hydrogen) atoms. The number of hydrogen-bond donors (Lipinski definition) is 2. The zero-order valence-electron chi connectivity index (χ0n) is 11.6. The molecule has 0 spiro atoms. The summed E-state index contributed by atoms with van der Waals surface area (Å²) in [5.74, 6) is -1.02. The number of carboxylic acid groups (broad SMARTS) is 1. The SMILES string of the molecule is COCCCN(C)C(=O)NCc1cc(C(=O)O)ccn1. The molecule has 1 aromatic heterocycles. The molecular formula is C13H19N3O4. The zero-order chi connectivity index (χ0) is 15.0. The molecule has 110 valence electrons. The highest BCUT2D eigenvalue weighted by molar-refractivity contribution is 5.87. The fourth-order valence-electron chi connectivity index (χ4n) is 1.56. The molecule has 1 heterocycles. The predicted molar refractivity (Wildman–Crippen MR) is 72.6 cm³/mol. The van der Waals surface area contributed by atoms with E-state index < -0.39 is 5.97 Å². The Morgan fingerprint density at radius 2 is 2.25 bits per heavy atom. The third kappa shape index (κ3) is 5.23. The Morgan fingerprint density at radius 3 is 2.90 bits per heavy atom. The van der Waals surface area contributed by atoms with E-state index in [9.17, 15) is 9.59 Å². The third-order valence-electron chi connectivity index (χ3n) is 2.67. The Bertz CT molecular complexity index is 465. The van der Waals surface area contributed by atoms with Crippen molar-refractivity contribution in [1.29, 1.82) is 0 Å². The number of rotatable bonds is 7. The molecule has 0 bridgehead atoms. The maximum atomic E-state index is 11.8. The van der Waals surface area contributed by atoms with E-state index in [0.29, 0.717) is 18.8 Å². The summed E-state index contributed by atoms with van der Waals surface area (Å²) in [6, 6.07) is 2.61. The average molecular weight is 281 g/mol. The molecule has 0 aromatic carbocycles. The first kappa shape index (κ1) is 15.9. The summed E-state index contributed by atoms with van der Waals surface area (Å²) in [5.41, 5.74) is 0.654. The average Bonchev–Trinajstić information content (AvgIpc) is 2.45. The first-order valence-electron chi connectivity index (χ1n) is 6.20. The van der Waals surface area contributed by atoms with Crippen LogP contribution in [-0.4, -0.2) is 54.3 Å². The van der Waals surface area contributed by atoms with Crippen LogP contribution in [0.15, 0.2) is 18.3 Å². The number of carboxylic acids is 1. The lowest BCUT2D eigenvalue weighted by Gasteiger charge is -2.17. The Kier molecular flexibility index (Phi) is 6.45. The van der Waals surface area contributed by atoms with Crippen LogP contribution in [0.5, 0.6) is 0 Å². The second-order valence-electron chi connectivity index (χ2n) is 4.27. The maximum Gasteiger partial charge on any atom is 0.335 e. The minimum absolute atomic E-state index is 0.151. The van der Waals surface area contributed by atoms with Gasteiger partial charge in [-0.3, -0.25) is 4.98 Å². The van der Waals surface area contributed by atoms with Crippen LogP contribution in [0.1, 0.15) is 22.5 Å². The van der Waals surface area contributed by atoms with Gasteiger partial charge in [0, 0.05) is 33.5 Å². The van der Waals surface area contributed by atoms with Gasteiger partial charge in [-0.05, 0) is 18.6 Å². The molecule has 0 unspecified atom stereocenters. The Labute approximate surface area is 117 Å². The van der Waals surface area contributed by atoms with Crippen LogP contribution in [0.4, 0.5) is 4.79 Å². The first-order chi connectivity index (χ1) is 9.54. The predicted octanol–water partition coefficient (Wildman–Crippen LogP) is 0.958. The van der Waals surface area contributed by atoms with Crippen molar-refractivity contribution in [1.82, 2.24) is 15.2 Å². The van der Waals surface area contributed by atoms with Crippen LogP contribution in [0.25, 0.3) is 0 Å². The molecule has 1 rings (SSSR count). The van der Waals surface area contributed by atoms with Gasteiger partial charge in [-0.1, -0.05) is 0 Å². The number of nitrogens with zero attached hydrogens (tertiary/aromatic N) is 2.